The largest absolute Gasteiger partial charge is 0.303 e. The summed E-state index contributed by atoms with van der Waals surface area (Å²) in [4.78, 5) is 1.39. The van der Waals surface area contributed by atoms with Gasteiger partial charge < -0.3 is 5.32 Å². The van der Waals surface area contributed by atoms with Crippen molar-refractivity contribution in [2.24, 2.45) is 0 Å². The highest BCUT2D eigenvalue weighted by molar-refractivity contribution is 7.10. The summed E-state index contributed by atoms with van der Waals surface area (Å²) in [6, 6.07) is 20.1. The summed E-state index contributed by atoms with van der Waals surface area (Å²) in [6.07, 6.45) is 0. The highest BCUT2D eigenvalue weighted by Crippen LogP contribution is 2.27. The van der Waals surface area contributed by atoms with E-state index in [1.54, 1.807) is 0 Å². The van der Waals surface area contributed by atoms with Gasteiger partial charge in [0.05, 0.1) is 0 Å². The SMILES string of the molecule is CC(NC(C)c1cccc2ccccc12)c1cccs1. The summed E-state index contributed by atoms with van der Waals surface area (Å²) < 4.78 is 0. The van der Waals surface area contributed by atoms with E-state index >= 15 is 0 Å². The second-order valence-electron chi connectivity index (χ2n) is 5.19. The predicted octanol–water partition coefficient (Wildman–Crippen LogP) is 5.31. The second kappa shape index (κ2) is 5.78. The maximum Gasteiger partial charge on any atom is 0.0391 e. The molecule has 0 spiro atoms. The zero-order valence-electron chi connectivity index (χ0n) is 11.8. The van der Waals surface area contributed by atoms with Crippen LogP contribution in [0.4, 0.5) is 0 Å². The minimum Gasteiger partial charge on any atom is -0.303 e. The molecule has 0 bridgehead atoms. The first kappa shape index (κ1) is 13.3. The van der Waals surface area contributed by atoms with Gasteiger partial charge in [0.2, 0.25) is 0 Å². The Morgan fingerprint density at radius 3 is 2.45 bits per heavy atom. The molecule has 20 heavy (non-hydrogen) atoms. The molecule has 1 nitrogen and oxygen atoms in total. The van der Waals surface area contributed by atoms with Crippen LogP contribution in [0.3, 0.4) is 0 Å². The van der Waals surface area contributed by atoms with Crippen molar-refractivity contribution in [3.05, 3.63) is 70.4 Å². The maximum atomic E-state index is 3.70. The highest BCUT2D eigenvalue weighted by atomic mass is 32.1. The lowest BCUT2D eigenvalue weighted by atomic mass is 9.99. The summed E-state index contributed by atoms with van der Waals surface area (Å²) in [6.45, 7) is 4.47. The van der Waals surface area contributed by atoms with Crippen molar-refractivity contribution in [3.63, 3.8) is 0 Å². The molecule has 0 fully saturated rings. The van der Waals surface area contributed by atoms with Gasteiger partial charge >= 0.3 is 0 Å². The molecule has 1 N–H and O–H groups in total. The molecule has 2 heteroatoms. The van der Waals surface area contributed by atoms with E-state index in [1.807, 2.05) is 11.3 Å². The fraction of sp³-hybridized carbons (Fsp3) is 0.222. The van der Waals surface area contributed by atoms with Gasteiger partial charge in [-0.05, 0) is 41.6 Å². The van der Waals surface area contributed by atoms with E-state index in [-0.39, 0.29) is 0 Å². The minimum absolute atomic E-state index is 0.332. The van der Waals surface area contributed by atoms with Gasteiger partial charge in [0, 0.05) is 17.0 Å². The Labute approximate surface area is 124 Å². The smallest absolute Gasteiger partial charge is 0.0391 e. The van der Waals surface area contributed by atoms with E-state index in [0.717, 1.165) is 0 Å². The van der Waals surface area contributed by atoms with Crippen molar-refractivity contribution in [2.45, 2.75) is 25.9 Å². The zero-order valence-corrected chi connectivity index (χ0v) is 12.7. The quantitative estimate of drug-likeness (QED) is 0.683. The summed E-state index contributed by atoms with van der Waals surface area (Å²) in [5, 5.41) is 8.48. The number of fused-ring (bicyclic) bond motifs is 1. The number of rotatable bonds is 4. The topological polar surface area (TPSA) is 12.0 Å². The Morgan fingerprint density at radius 1 is 0.850 bits per heavy atom. The van der Waals surface area contributed by atoms with E-state index in [0.29, 0.717) is 12.1 Å². The number of thiophene rings is 1. The molecule has 2 unspecified atom stereocenters. The average Bonchev–Trinajstić information content (AvgIpc) is 3.01. The monoisotopic (exact) mass is 281 g/mol. The molecule has 3 rings (SSSR count). The van der Waals surface area contributed by atoms with E-state index in [4.69, 9.17) is 0 Å². The molecule has 0 aliphatic rings. The third kappa shape index (κ3) is 2.62. The van der Waals surface area contributed by atoms with Crippen molar-refractivity contribution in [3.8, 4) is 0 Å². The standard InChI is InChI=1S/C18H19NS/c1-13(19-14(2)18-11-6-12-20-18)16-10-5-8-15-7-3-4-9-17(15)16/h3-14,19H,1-2H3. The van der Waals surface area contributed by atoms with Crippen LogP contribution in [0.25, 0.3) is 10.8 Å². The molecule has 0 aliphatic carbocycles. The van der Waals surface area contributed by atoms with Gasteiger partial charge in [-0.3, -0.25) is 0 Å². The number of hydrogen-bond acceptors (Lipinski definition) is 2. The summed E-state index contributed by atoms with van der Waals surface area (Å²) in [5.41, 5.74) is 1.37. The predicted molar refractivity (Wildman–Crippen MR) is 88.2 cm³/mol. The Morgan fingerprint density at radius 2 is 1.65 bits per heavy atom. The third-order valence-corrected chi connectivity index (χ3v) is 4.81. The molecule has 2 atom stereocenters. The normalized spacial score (nSPS) is 14.3. The van der Waals surface area contributed by atoms with Gasteiger partial charge in [-0.2, -0.15) is 0 Å². The molecule has 0 saturated heterocycles. The highest BCUT2D eigenvalue weighted by Gasteiger charge is 2.13. The Kier molecular flexibility index (Phi) is 3.86. The second-order valence-corrected chi connectivity index (χ2v) is 6.17. The van der Waals surface area contributed by atoms with Gasteiger partial charge in [-0.1, -0.05) is 48.5 Å². The Hall–Kier alpha value is -1.64. The molecule has 0 amide bonds. The van der Waals surface area contributed by atoms with E-state index in [2.05, 4.69) is 79.1 Å². The molecule has 2 aromatic carbocycles. The van der Waals surface area contributed by atoms with Crippen LogP contribution in [-0.2, 0) is 0 Å². The van der Waals surface area contributed by atoms with Crippen LogP contribution in [0.1, 0.15) is 36.4 Å². The fourth-order valence-corrected chi connectivity index (χ4v) is 3.46. The summed E-state index contributed by atoms with van der Waals surface area (Å²) in [7, 11) is 0. The van der Waals surface area contributed by atoms with Crippen LogP contribution in [0, 0.1) is 0 Å². The molecule has 0 saturated carbocycles. The van der Waals surface area contributed by atoms with Crippen LogP contribution in [-0.4, -0.2) is 0 Å². The molecule has 1 aromatic heterocycles. The Balaban J connectivity index is 1.87. The third-order valence-electron chi connectivity index (χ3n) is 3.76. The number of benzene rings is 2. The van der Waals surface area contributed by atoms with Crippen LogP contribution in [0.2, 0.25) is 0 Å². The molecule has 0 radical (unpaired) electrons. The zero-order chi connectivity index (χ0) is 13.9. The van der Waals surface area contributed by atoms with Crippen LogP contribution < -0.4 is 5.32 Å². The molecular formula is C18H19NS. The first-order valence-corrected chi connectivity index (χ1v) is 7.91. The maximum absolute atomic E-state index is 3.70. The summed E-state index contributed by atoms with van der Waals surface area (Å²) >= 11 is 1.81. The Bertz CT molecular complexity index is 682. The van der Waals surface area contributed by atoms with Crippen molar-refractivity contribution in [1.82, 2.24) is 5.32 Å². The lowest BCUT2D eigenvalue weighted by Gasteiger charge is -2.21. The number of hydrogen-bond donors (Lipinski definition) is 1. The minimum atomic E-state index is 0.332. The van der Waals surface area contributed by atoms with Gasteiger partial charge in [0.15, 0.2) is 0 Å². The van der Waals surface area contributed by atoms with Gasteiger partial charge in [-0.25, -0.2) is 0 Å². The van der Waals surface area contributed by atoms with Gasteiger partial charge in [-0.15, -0.1) is 11.3 Å². The van der Waals surface area contributed by atoms with Crippen LogP contribution in [0.15, 0.2) is 60.0 Å². The fourth-order valence-electron chi connectivity index (χ4n) is 2.71. The lowest BCUT2D eigenvalue weighted by molar-refractivity contribution is 0.502. The first-order valence-electron chi connectivity index (χ1n) is 7.03. The molecular weight excluding hydrogens is 262 g/mol. The van der Waals surface area contributed by atoms with Crippen LogP contribution >= 0.6 is 11.3 Å². The molecule has 1 heterocycles. The lowest BCUT2D eigenvalue weighted by Crippen LogP contribution is -2.21. The van der Waals surface area contributed by atoms with Crippen LogP contribution in [0.5, 0.6) is 0 Å². The van der Waals surface area contributed by atoms with Crippen molar-refractivity contribution in [1.29, 1.82) is 0 Å². The summed E-state index contributed by atoms with van der Waals surface area (Å²) in [5.74, 6) is 0. The average molecular weight is 281 g/mol. The molecule has 0 aliphatic heterocycles. The van der Waals surface area contributed by atoms with Gasteiger partial charge in [0.25, 0.3) is 0 Å². The van der Waals surface area contributed by atoms with Crippen molar-refractivity contribution >= 4 is 22.1 Å². The van der Waals surface area contributed by atoms with E-state index in [9.17, 15) is 0 Å². The van der Waals surface area contributed by atoms with E-state index < -0.39 is 0 Å². The molecule has 3 aromatic rings. The first-order chi connectivity index (χ1) is 9.75. The number of nitrogens with one attached hydrogen (secondary N) is 1. The van der Waals surface area contributed by atoms with Gasteiger partial charge in [0.1, 0.15) is 0 Å². The van der Waals surface area contributed by atoms with E-state index in [1.165, 1.54) is 21.2 Å². The van der Waals surface area contributed by atoms with Crippen molar-refractivity contribution < 1.29 is 0 Å². The van der Waals surface area contributed by atoms with Crippen molar-refractivity contribution in [2.75, 3.05) is 0 Å². The molecule has 102 valence electrons.